The van der Waals surface area contributed by atoms with Crippen LogP contribution in [0.25, 0.3) is 0 Å². The Morgan fingerprint density at radius 3 is 1.62 bits per heavy atom. The first-order chi connectivity index (χ1) is 24.0. The maximum Gasteiger partial charge on any atom is 0.306 e. The lowest BCUT2D eigenvalue weighted by Crippen LogP contribution is -2.37. The van der Waals surface area contributed by atoms with E-state index >= 15 is 0 Å². The highest BCUT2D eigenvalue weighted by molar-refractivity contribution is 7.45. The second-order valence-corrected chi connectivity index (χ2v) is 16.1. The summed E-state index contributed by atoms with van der Waals surface area (Å²) >= 11 is 0. The summed E-state index contributed by atoms with van der Waals surface area (Å²) in [4.78, 5) is 37.3. The van der Waals surface area contributed by atoms with Crippen molar-refractivity contribution < 1.29 is 42.1 Å². The third-order valence-electron chi connectivity index (χ3n) is 8.47. The largest absolute Gasteiger partial charge is 0.756 e. The van der Waals surface area contributed by atoms with E-state index in [0.717, 1.165) is 44.9 Å². The van der Waals surface area contributed by atoms with Gasteiger partial charge in [0.1, 0.15) is 19.8 Å². The van der Waals surface area contributed by atoms with Crippen LogP contribution in [0, 0.1) is 0 Å². The van der Waals surface area contributed by atoms with Crippen LogP contribution in [0.1, 0.15) is 168 Å². The molecule has 0 N–H and O–H groups in total. The molecule has 0 aliphatic carbocycles. The van der Waals surface area contributed by atoms with Crippen molar-refractivity contribution in [3.63, 3.8) is 0 Å². The van der Waals surface area contributed by atoms with Gasteiger partial charge in [0.25, 0.3) is 7.82 Å². The highest BCUT2D eigenvalue weighted by Crippen LogP contribution is 2.38. The topological polar surface area (TPSA) is 111 Å². The number of phosphoric ester groups is 1. The summed E-state index contributed by atoms with van der Waals surface area (Å²) in [5.74, 6) is -0.871. The van der Waals surface area contributed by atoms with E-state index in [2.05, 4.69) is 38.2 Å². The van der Waals surface area contributed by atoms with E-state index < -0.39 is 32.5 Å². The van der Waals surface area contributed by atoms with E-state index in [1.807, 2.05) is 21.1 Å². The summed E-state index contributed by atoms with van der Waals surface area (Å²) < 4.78 is 33.7. The maximum atomic E-state index is 12.6. The Hall–Kier alpha value is -1.51. The fourth-order valence-corrected chi connectivity index (χ4v) is 6.00. The molecule has 10 heteroatoms. The van der Waals surface area contributed by atoms with Gasteiger partial charge in [0.15, 0.2) is 6.10 Å². The molecule has 0 rings (SSSR count). The molecule has 0 bridgehead atoms. The number of hydrogen-bond donors (Lipinski definition) is 0. The van der Waals surface area contributed by atoms with Crippen LogP contribution < -0.4 is 4.89 Å². The number of phosphoric acid groups is 1. The molecule has 294 valence electrons. The third-order valence-corrected chi connectivity index (χ3v) is 9.44. The fourth-order valence-electron chi connectivity index (χ4n) is 5.27. The molecule has 0 saturated carbocycles. The van der Waals surface area contributed by atoms with E-state index in [1.54, 1.807) is 0 Å². The number of likely N-dealkylation sites (N-methyl/N-ethyl adjacent to an activating group) is 1. The van der Waals surface area contributed by atoms with Gasteiger partial charge in [0.2, 0.25) is 0 Å². The van der Waals surface area contributed by atoms with Crippen molar-refractivity contribution in [3.05, 3.63) is 24.3 Å². The molecule has 2 atom stereocenters. The van der Waals surface area contributed by atoms with Crippen LogP contribution in [0.15, 0.2) is 24.3 Å². The van der Waals surface area contributed by atoms with Crippen LogP contribution in [-0.2, 0) is 32.7 Å². The number of allylic oxidation sites excluding steroid dienone is 4. The van der Waals surface area contributed by atoms with Gasteiger partial charge in [-0.1, -0.05) is 134 Å². The van der Waals surface area contributed by atoms with Gasteiger partial charge < -0.3 is 27.9 Å². The Morgan fingerprint density at radius 2 is 1.08 bits per heavy atom. The molecule has 1 unspecified atom stereocenters. The normalized spacial score (nSPS) is 14.0. The summed E-state index contributed by atoms with van der Waals surface area (Å²) in [7, 11) is 1.15. The number of unbranched alkanes of at least 4 members (excludes halogenated alkanes) is 18. The molecule has 0 fully saturated rings. The lowest BCUT2D eigenvalue weighted by molar-refractivity contribution is -0.870. The molecule has 50 heavy (non-hydrogen) atoms. The zero-order valence-electron chi connectivity index (χ0n) is 32.8. The van der Waals surface area contributed by atoms with Gasteiger partial charge in [-0.3, -0.25) is 14.2 Å². The number of carbonyl (C=O) groups is 2. The first-order valence-electron chi connectivity index (χ1n) is 20.0. The number of quaternary nitrogens is 1. The van der Waals surface area contributed by atoms with Gasteiger partial charge in [0.05, 0.1) is 27.7 Å². The number of nitrogens with zero attached hydrogens (tertiary/aromatic N) is 1. The first kappa shape index (κ1) is 48.5. The molecule has 0 aliphatic rings. The number of esters is 2. The Bertz CT molecular complexity index is 918. The van der Waals surface area contributed by atoms with Gasteiger partial charge in [0, 0.05) is 12.8 Å². The van der Waals surface area contributed by atoms with E-state index in [-0.39, 0.29) is 26.1 Å². The number of ether oxygens (including phenoxy) is 2. The predicted octanol–water partition coefficient (Wildman–Crippen LogP) is 10.2. The summed E-state index contributed by atoms with van der Waals surface area (Å²) in [6, 6.07) is 0. The summed E-state index contributed by atoms with van der Waals surface area (Å²) in [5.41, 5.74) is 0. The molecular weight excluding hydrogens is 653 g/mol. The average Bonchev–Trinajstić information content (AvgIpc) is 3.06. The van der Waals surface area contributed by atoms with Crippen LogP contribution in [0.4, 0.5) is 0 Å². The standard InChI is InChI=1S/C40H76NO8P/c1-6-8-10-12-14-16-18-19-20-21-23-25-27-29-31-33-40(43)49-38(37-48-50(44,45)47-35-34-41(3,4)5)36-46-39(42)32-30-28-26-24-22-17-15-13-11-9-7-2/h19-20,23,25,38H,6-18,21-22,24,26-37H2,1-5H3/b20-19+,25-23+/t38-/m1/s1. The van der Waals surface area contributed by atoms with Crippen LogP contribution >= 0.6 is 7.82 Å². The zero-order chi connectivity index (χ0) is 37.2. The smallest absolute Gasteiger partial charge is 0.306 e. The van der Waals surface area contributed by atoms with Crippen molar-refractivity contribution in [3.8, 4) is 0 Å². The molecule has 0 aromatic carbocycles. The highest BCUT2D eigenvalue weighted by Gasteiger charge is 2.21. The zero-order valence-corrected chi connectivity index (χ0v) is 33.7. The molecular formula is C40H76NO8P. The number of rotatable bonds is 36. The average molecular weight is 730 g/mol. The molecule has 0 heterocycles. The van der Waals surface area contributed by atoms with Gasteiger partial charge in [-0.25, -0.2) is 0 Å². The quantitative estimate of drug-likeness (QED) is 0.0206. The minimum Gasteiger partial charge on any atom is -0.756 e. The Labute approximate surface area is 307 Å². The molecule has 9 nitrogen and oxygen atoms in total. The van der Waals surface area contributed by atoms with Gasteiger partial charge in [-0.15, -0.1) is 0 Å². The third kappa shape index (κ3) is 36.3. The monoisotopic (exact) mass is 730 g/mol. The molecule has 0 radical (unpaired) electrons. The molecule has 0 amide bonds. The van der Waals surface area contributed by atoms with E-state index in [9.17, 15) is 19.0 Å². The second-order valence-electron chi connectivity index (χ2n) is 14.7. The van der Waals surface area contributed by atoms with E-state index in [1.165, 1.54) is 89.9 Å². The lowest BCUT2D eigenvalue weighted by Gasteiger charge is -2.28. The minimum atomic E-state index is -4.62. The molecule has 0 saturated heterocycles. The molecule has 0 aromatic heterocycles. The van der Waals surface area contributed by atoms with E-state index in [4.69, 9.17) is 18.5 Å². The fraction of sp³-hybridized carbons (Fsp3) is 0.850. The van der Waals surface area contributed by atoms with Crippen LogP contribution in [0.2, 0.25) is 0 Å². The van der Waals surface area contributed by atoms with Crippen molar-refractivity contribution in [2.45, 2.75) is 174 Å². The van der Waals surface area contributed by atoms with Crippen molar-refractivity contribution in [2.75, 3.05) is 47.5 Å². The van der Waals surface area contributed by atoms with Crippen LogP contribution in [-0.4, -0.2) is 70.0 Å². The molecule has 0 aliphatic heterocycles. The van der Waals surface area contributed by atoms with Crippen molar-refractivity contribution in [1.82, 2.24) is 0 Å². The van der Waals surface area contributed by atoms with E-state index in [0.29, 0.717) is 17.4 Å². The highest BCUT2D eigenvalue weighted by atomic mass is 31.2. The van der Waals surface area contributed by atoms with Gasteiger partial charge in [-0.05, 0) is 44.9 Å². The van der Waals surface area contributed by atoms with Crippen molar-refractivity contribution >= 4 is 19.8 Å². The van der Waals surface area contributed by atoms with Crippen molar-refractivity contribution in [1.29, 1.82) is 0 Å². The second kappa shape index (κ2) is 33.3. The lowest BCUT2D eigenvalue weighted by atomic mass is 10.1. The summed E-state index contributed by atoms with van der Waals surface area (Å²) in [5, 5.41) is 0. The number of hydrogen-bond acceptors (Lipinski definition) is 8. The Balaban J connectivity index is 4.47. The predicted molar refractivity (Wildman–Crippen MR) is 204 cm³/mol. The van der Waals surface area contributed by atoms with Crippen LogP contribution in [0.3, 0.4) is 0 Å². The van der Waals surface area contributed by atoms with Crippen molar-refractivity contribution in [2.24, 2.45) is 0 Å². The molecule has 0 spiro atoms. The first-order valence-corrected chi connectivity index (χ1v) is 21.5. The Morgan fingerprint density at radius 1 is 0.620 bits per heavy atom. The van der Waals surface area contributed by atoms with Gasteiger partial charge >= 0.3 is 11.9 Å². The molecule has 0 aromatic rings. The number of carbonyl (C=O) groups excluding carboxylic acids is 2. The Kier molecular flexibility index (Phi) is 32.3. The minimum absolute atomic E-state index is 0.0351. The maximum absolute atomic E-state index is 12.6. The SMILES string of the molecule is CCCCCCCC/C=C/C/C=C/CCCCC(=O)O[C@H](COC(=O)CCCCCCCCCCCCC)COP(=O)([O-])OCC[N+](C)(C)C. The van der Waals surface area contributed by atoms with Gasteiger partial charge in [-0.2, -0.15) is 0 Å². The summed E-state index contributed by atoms with van der Waals surface area (Å²) in [6.45, 7) is 4.16. The summed E-state index contributed by atoms with van der Waals surface area (Å²) in [6.07, 6.45) is 33.5. The van der Waals surface area contributed by atoms with Crippen LogP contribution in [0.5, 0.6) is 0 Å².